The van der Waals surface area contributed by atoms with Crippen LogP contribution in [-0.2, 0) is 0 Å². The lowest BCUT2D eigenvalue weighted by Crippen LogP contribution is -2.21. The molecular weight excluding hydrogens is 190 g/mol. The second-order valence-corrected chi connectivity index (χ2v) is 3.96. The monoisotopic (exact) mass is 207 g/mol. The van der Waals surface area contributed by atoms with Gasteiger partial charge >= 0.3 is 0 Å². The van der Waals surface area contributed by atoms with Gasteiger partial charge in [-0.1, -0.05) is 12.1 Å². The molecular formula is C12H17NO2. The van der Waals surface area contributed by atoms with Crippen molar-refractivity contribution in [2.45, 2.75) is 25.5 Å². The number of benzene rings is 1. The number of aliphatic hydroxyl groups is 1. The lowest BCUT2D eigenvalue weighted by molar-refractivity contribution is 0.159. The SMILES string of the molecule is COc1cccc([C@H]2NCC[C@H]2O)c1C. The van der Waals surface area contributed by atoms with E-state index in [2.05, 4.69) is 5.32 Å². The minimum atomic E-state index is -0.282. The van der Waals surface area contributed by atoms with E-state index in [9.17, 15) is 5.11 Å². The summed E-state index contributed by atoms with van der Waals surface area (Å²) in [6, 6.07) is 6.01. The summed E-state index contributed by atoms with van der Waals surface area (Å²) in [6.07, 6.45) is 0.539. The molecule has 1 saturated heterocycles. The van der Waals surface area contributed by atoms with Gasteiger partial charge in [-0.3, -0.25) is 0 Å². The highest BCUT2D eigenvalue weighted by molar-refractivity contribution is 5.41. The van der Waals surface area contributed by atoms with Crippen LogP contribution in [0, 0.1) is 6.92 Å². The van der Waals surface area contributed by atoms with Crippen molar-refractivity contribution in [1.29, 1.82) is 0 Å². The maximum Gasteiger partial charge on any atom is 0.122 e. The number of hydrogen-bond acceptors (Lipinski definition) is 3. The van der Waals surface area contributed by atoms with E-state index in [0.29, 0.717) is 0 Å². The maximum absolute atomic E-state index is 9.83. The van der Waals surface area contributed by atoms with Gasteiger partial charge in [0.25, 0.3) is 0 Å². The van der Waals surface area contributed by atoms with Crippen molar-refractivity contribution in [3.63, 3.8) is 0 Å². The summed E-state index contributed by atoms with van der Waals surface area (Å²) < 4.78 is 5.27. The normalized spacial score (nSPS) is 25.5. The molecule has 3 nitrogen and oxygen atoms in total. The Morgan fingerprint density at radius 3 is 2.87 bits per heavy atom. The average molecular weight is 207 g/mol. The predicted octanol–water partition coefficient (Wildman–Crippen LogP) is 1.40. The Hall–Kier alpha value is -1.06. The quantitative estimate of drug-likeness (QED) is 0.770. The first-order chi connectivity index (χ1) is 7.24. The van der Waals surface area contributed by atoms with Crippen molar-refractivity contribution in [2.24, 2.45) is 0 Å². The summed E-state index contributed by atoms with van der Waals surface area (Å²) in [4.78, 5) is 0. The predicted molar refractivity (Wildman–Crippen MR) is 59.1 cm³/mol. The highest BCUT2D eigenvalue weighted by Gasteiger charge is 2.27. The van der Waals surface area contributed by atoms with Gasteiger partial charge in [-0.2, -0.15) is 0 Å². The molecule has 0 unspecified atom stereocenters. The Morgan fingerprint density at radius 1 is 1.47 bits per heavy atom. The van der Waals surface area contributed by atoms with Crippen LogP contribution >= 0.6 is 0 Å². The Balaban J connectivity index is 2.35. The highest BCUT2D eigenvalue weighted by atomic mass is 16.5. The molecule has 0 aromatic heterocycles. The van der Waals surface area contributed by atoms with Crippen molar-refractivity contribution < 1.29 is 9.84 Å². The first kappa shape index (κ1) is 10.5. The van der Waals surface area contributed by atoms with Gasteiger partial charge in [-0.25, -0.2) is 0 Å². The molecule has 2 atom stereocenters. The van der Waals surface area contributed by atoms with Gasteiger partial charge in [-0.05, 0) is 37.1 Å². The van der Waals surface area contributed by atoms with Crippen LogP contribution in [0.25, 0.3) is 0 Å². The summed E-state index contributed by atoms with van der Waals surface area (Å²) in [5.74, 6) is 0.883. The van der Waals surface area contributed by atoms with Gasteiger partial charge < -0.3 is 15.2 Å². The minimum absolute atomic E-state index is 0.0556. The second-order valence-electron chi connectivity index (χ2n) is 3.96. The highest BCUT2D eigenvalue weighted by Crippen LogP contribution is 2.30. The Labute approximate surface area is 90.1 Å². The topological polar surface area (TPSA) is 41.5 Å². The summed E-state index contributed by atoms with van der Waals surface area (Å²) in [7, 11) is 1.67. The van der Waals surface area contributed by atoms with Crippen LogP contribution in [0.4, 0.5) is 0 Å². The van der Waals surface area contributed by atoms with E-state index >= 15 is 0 Å². The molecule has 0 spiro atoms. The van der Waals surface area contributed by atoms with Gasteiger partial charge in [0.05, 0.1) is 19.3 Å². The molecule has 1 aromatic carbocycles. The van der Waals surface area contributed by atoms with Gasteiger partial charge in [-0.15, -0.1) is 0 Å². The number of nitrogens with one attached hydrogen (secondary N) is 1. The Kier molecular flexibility index (Phi) is 2.93. The average Bonchev–Trinajstić information content (AvgIpc) is 2.65. The fourth-order valence-corrected chi connectivity index (χ4v) is 2.20. The largest absolute Gasteiger partial charge is 0.496 e. The number of ether oxygens (including phenoxy) is 1. The molecule has 0 aliphatic carbocycles. The van der Waals surface area contributed by atoms with E-state index in [1.54, 1.807) is 7.11 Å². The third kappa shape index (κ3) is 1.85. The Bertz CT molecular complexity index is 351. The fourth-order valence-electron chi connectivity index (χ4n) is 2.20. The zero-order chi connectivity index (χ0) is 10.8. The van der Waals surface area contributed by atoms with Gasteiger partial charge in [0.1, 0.15) is 5.75 Å². The smallest absolute Gasteiger partial charge is 0.122 e. The third-order valence-electron chi connectivity index (χ3n) is 3.07. The number of rotatable bonds is 2. The maximum atomic E-state index is 9.83. The molecule has 0 saturated carbocycles. The molecule has 0 amide bonds. The van der Waals surface area contributed by atoms with Crippen molar-refractivity contribution in [2.75, 3.05) is 13.7 Å². The van der Waals surface area contributed by atoms with E-state index in [1.165, 1.54) is 0 Å². The van der Waals surface area contributed by atoms with Crippen molar-refractivity contribution in [3.05, 3.63) is 29.3 Å². The molecule has 2 N–H and O–H groups in total. The van der Waals surface area contributed by atoms with Crippen LogP contribution in [-0.4, -0.2) is 24.9 Å². The standard InChI is InChI=1S/C12H17NO2/c1-8-9(4-3-5-11(8)15-2)12-10(14)6-7-13-12/h3-5,10,12-14H,6-7H2,1-2H3/t10-,12-/m1/s1. The van der Waals surface area contributed by atoms with E-state index in [-0.39, 0.29) is 12.1 Å². The van der Waals surface area contributed by atoms with Gasteiger partial charge in [0.15, 0.2) is 0 Å². The number of aliphatic hydroxyl groups excluding tert-OH is 1. The van der Waals surface area contributed by atoms with Gasteiger partial charge in [0, 0.05) is 0 Å². The molecule has 1 aromatic rings. The van der Waals surface area contributed by atoms with Gasteiger partial charge in [0.2, 0.25) is 0 Å². The molecule has 2 rings (SSSR count). The molecule has 1 heterocycles. The fraction of sp³-hybridized carbons (Fsp3) is 0.500. The molecule has 82 valence electrons. The molecule has 1 fully saturated rings. The number of methoxy groups -OCH3 is 1. The lowest BCUT2D eigenvalue weighted by Gasteiger charge is -2.19. The van der Waals surface area contributed by atoms with E-state index in [4.69, 9.17) is 4.74 Å². The molecule has 0 bridgehead atoms. The summed E-state index contributed by atoms with van der Waals surface area (Å²) in [5, 5.41) is 13.1. The van der Waals surface area contributed by atoms with E-state index < -0.39 is 0 Å². The van der Waals surface area contributed by atoms with Crippen LogP contribution in [0.2, 0.25) is 0 Å². The third-order valence-corrected chi connectivity index (χ3v) is 3.07. The molecule has 0 radical (unpaired) electrons. The molecule has 15 heavy (non-hydrogen) atoms. The second kappa shape index (κ2) is 4.21. The minimum Gasteiger partial charge on any atom is -0.496 e. The first-order valence-corrected chi connectivity index (χ1v) is 5.29. The summed E-state index contributed by atoms with van der Waals surface area (Å²) in [5.41, 5.74) is 2.25. The molecule has 1 aliphatic rings. The zero-order valence-electron chi connectivity index (χ0n) is 9.16. The molecule has 1 aliphatic heterocycles. The van der Waals surface area contributed by atoms with Crippen molar-refractivity contribution in [1.82, 2.24) is 5.32 Å². The van der Waals surface area contributed by atoms with Crippen LogP contribution in [0.15, 0.2) is 18.2 Å². The van der Waals surface area contributed by atoms with Crippen LogP contribution in [0.3, 0.4) is 0 Å². The van der Waals surface area contributed by atoms with Crippen LogP contribution in [0.1, 0.15) is 23.6 Å². The lowest BCUT2D eigenvalue weighted by atomic mass is 9.97. The molecule has 3 heteroatoms. The summed E-state index contributed by atoms with van der Waals surface area (Å²) >= 11 is 0. The van der Waals surface area contributed by atoms with Crippen LogP contribution in [0.5, 0.6) is 5.75 Å². The number of hydrogen-bond donors (Lipinski definition) is 2. The van der Waals surface area contributed by atoms with E-state index in [1.807, 2.05) is 25.1 Å². The Morgan fingerprint density at radius 2 is 2.27 bits per heavy atom. The van der Waals surface area contributed by atoms with Crippen molar-refractivity contribution in [3.8, 4) is 5.75 Å². The zero-order valence-corrected chi connectivity index (χ0v) is 9.16. The van der Waals surface area contributed by atoms with Crippen LogP contribution < -0.4 is 10.1 Å². The summed E-state index contributed by atoms with van der Waals surface area (Å²) in [6.45, 7) is 2.91. The van der Waals surface area contributed by atoms with E-state index in [0.717, 1.165) is 29.8 Å². The van der Waals surface area contributed by atoms with Crippen molar-refractivity contribution >= 4 is 0 Å². The first-order valence-electron chi connectivity index (χ1n) is 5.29.